The Hall–Kier alpha value is -0.0500. The van der Waals surface area contributed by atoms with Gasteiger partial charge in [-0.15, -0.1) is 0 Å². The molecule has 0 spiro atoms. The fourth-order valence-corrected chi connectivity index (χ4v) is 3.15. The predicted molar refractivity (Wildman–Crippen MR) is 78.9 cm³/mol. The molecule has 2 aliphatic rings. The van der Waals surface area contributed by atoms with E-state index in [1.54, 1.807) is 5.54 Å². The molecule has 3 heteroatoms. The summed E-state index contributed by atoms with van der Waals surface area (Å²) in [4.78, 5) is 2.63. The van der Waals surface area contributed by atoms with Crippen LogP contribution in [0.4, 0.5) is 0 Å². The molecule has 0 aromatic rings. The molecule has 0 amide bonds. The first kappa shape index (κ1) is 14.4. The third kappa shape index (κ3) is 2.92. The van der Waals surface area contributed by atoms with Gasteiger partial charge in [0.25, 0.3) is 0 Å². The van der Waals surface area contributed by atoms with Crippen molar-refractivity contribution in [3.63, 3.8) is 0 Å². The Labute approximate surface area is 117 Å². The van der Waals surface area contributed by atoms with Crippen LogP contribution in [0.5, 0.6) is 0 Å². The zero-order valence-electron chi connectivity index (χ0n) is 12.2. The summed E-state index contributed by atoms with van der Waals surface area (Å²) in [7, 11) is 0. The predicted octanol–water partition coefficient (Wildman–Crippen LogP) is 3.23. The molecule has 0 bridgehead atoms. The summed E-state index contributed by atoms with van der Waals surface area (Å²) in [5, 5.41) is 3.78. The molecule has 2 atom stereocenters. The fraction of sp³-hybridized carbons (Fsp3) is 0.867. The number of rotatable bonds is 3. The highest BCUT2D eigenvalue weighted by Crippen LogP contribution is 2.44. The molecule has 2 fully saturated rings. The minimum absolute atomic E-state index is 0.313. The van der Waals surface area contributed by atoms with Crippen LogP contribution in [0.25, 0.3) is 0 Å². The third-order valence-electron chi connectivity index (χ3n) is 4.75. The minimum Gasteiger partial charge on any atom is -0.310 e. The van der Waals surface area contributed by atoms with E-state index >= 15 is 0 Å². The Morgan fingerprint density at radius 1 is 1.39 bits per heavy atom. The molecule has 0 radical (unpaired) electrons. The average molecular weight is 271 g/mol. The molecule has 0 aromatic heterocycles. The van der Waals surface area contributed by atoms with E-state index in [9.17, 15) is 0 Å². The van der Waals surface area contributed by atoms with Crippen LogP contribution in [0.3, 0.4) is 0 Å². The van der Waals surface area contributed by atoms with Gasteiger partial charge in [0.2, 0.25) is 0 Å². The van der Waals surface area contributed by atoms with Gasteiger partial charge in [-0.05, 0) is 31.1 Å². The van der Waals surface area contributed by atoms with Crippen LogP contribution in [0.1, 0.15) is 40.5 Å². The Kier molecular flexibility index (Phi) is 4.10. The molecule has 1 aliphatic carbocycles. The van der Waals surface area contributed by atoms with E-state index in [4.69, 9.17) is 11.6 Å². The van der Waals surface area contributed by atoms with E-state index in [1.165, 1.54) is 12.8 Å². The van der Waals surface area contributed by atoms with Gasteiger partial charge >= 0.3 is 0 Å². The quantitative estimate of drug-likeness (QED) is 0.847. The molecular formula is C15H27ClN2. The van der Waals surface area contributed by atoms with Crippen molar-refractivity contribution in [3.8, 4) is 0 Å². The molecule has 1 saturated heterocycles. The van der Waals surface area contributed by atoms with Gasteiger partial charge in [0, 0.05) is 36.8 Å². The van der Waals surface area contributed by atoms with Gasteiger partial charge in [0.05, 0.1) is 0 Å². The first-order valence-electron chi connectivity index (χ1n) is 7.11. The molecule has 2 rings (SSSR count). The third-order valence-corrected chi connectivity index (χ3v) is 4.93. The lowest BCUT2D eigenvalue weighted by Gasteiger charge is -2.51. The normalized spacial score (nSPS) is 35.3. The van der Waals surface area contributed by atoms with Crippen LogP contribution in [-0.4, -0.2) is 36.1 Å². The highest BCUT2D eigenvalue weighted by Gasteiger charge is 2.49. The van der Waals surface area contributed by atoms with Gasteiger partial charge in [-0.1, -0.05) is 38.4 Å². The first-order chi connectivity index (χ1) is 8.38. The van der Waals surface area contributed by atoms with E-state index < -0.39 is 0 Å². The minimum atomic E-state index is 0.313. The second kappa shape index (κ2) is 5.15. The van der Waals surface area contributed by atoms with Crippen LogP contribution < -0.4 is 5.32 Å². The van der Waals surface area contributed by atoms with Crippen LogP contribution in [-0.2, 0) is 0 Å². The maximum absolute atomic E-state index is 5.71. The van der Waals surface area contributed by atoms with E-state index in [-0.39, 0.29) is 0 Å². The summed E-state index contributed by atoms with van der Waals surface area (Å²) in [6.07, 6.45) is 4.85. The summed E-state index contributed by atoms with van der Waals surface area (Å²) in [5.74, 6) is 0.870. The van der Waals surface area contributed by atoms with Gasteiger partial charge in [-0.3, -0.25) is 4.90 Å². The number of nitrogens with one attached hydrogen (secondary N) is 1. The largest absolute Gasteiger partial charge is 0.310 e. The van der Waals surface area contributed by atoms with Crippen molar-refractivity contribution in [2.45, 2.75) is 52.1 Å². The van der Waals surface area contributed by atoms with Crippen molar-refractivity contribution in [1.82, 2.24) is 10.2 Å². The summed E-state index contributed by atoms with van der Waals surface area (Å²) < 4.78 is 0. The molecule has 2 nitrogen and oxygen atoms in total. The van der Waals surface area contributed by atoms with Crippen molar-refractivity contribution in [2.75, 3.05) is 19.6 Å². The van der Waals surface area contributed by atoms with Crippen molar-refractivity contribution in [3.05, 3.63) is 11.6 Å². The van der Waals surface area contributed by atoms with E-state index in [0.29, 0.717) is 17.0 Å². The second-order valence-corrected chi connectivity index (χ2v) is 7.45. The van der Waals surface area contributed by atoms with Crippen molar-refractivity contribution >= 4 is 11.6 Å². The molecular weight excluding hydrogens is 244 g/mol. The van der Waals surface area contributed by atoms with Gasteiger partial charge in [-0.25, -0.2) is 0 Å². The molecule has 18 heavy (non-hydrogen) atoms. The van der Waals surface area contributed by atoms with Gasteiger partial charge in [0.15, 0.2) is 0 Å². The molecule has 104 valence electrons. The lowest BCUT2D eigenvalue weighted by atomic mass is 9.81. The first-order valence-corrected chi connectivity index (χ1v) is 7.55. The maximum Gasteiger partial charge on any atom is 0.0337 e. The van der Waals surface area contributed by atoms with Gasteiger partial charge in [-0.2, -0.15) is 0 Å². The zero-order chi connectivity index (χ0) is 13.4. The topological polar surface area (TPSA) is 15.3 Å². The Bertz CT molecular complexity index is 317. The SMILES string of the molecule is CC(C)(C)C1CN(C/C=C/Cl)C(C)(C2CC2)CN1. The highest BCUT2D eigenvalue weighted by molar-refractivity contribution is 6.25. The summed E-state index contributed by atoms with van der Waals surface area (Å²) >= 11 is 5.71. The number of halogens is 1. The zero-order valence-corrected chi connectivity index (χ0v) is 12.9. The number of hydrogen-bond acceptors (Lipinski definition) is 2. The summed E-state index contributed by atoms with van der Waals surface area (Å²) in [6, 6.07) is 0.563. The van der Waals surface area contributed by atoms with E-state index in [2.05, 4.69) is 44.0 Å². The molecule has 0 aromatic carbocycles. The van der Waals surface area contributed by atoms with Crippen LogP contribution >= 0.6 is 11.6 Å². The lowest BCUT2D eigenvalue weighted by Crippen LogP contribution is -2.66. The van der Waals surface area contributed by atoms with Crippen LogP contribution in [0, 0.1) is 11.3 Å². The lowest BCUT2D eigenvalue weighted by molar-refractivity contribution is 0.0197. The summed E-state index contributed by atoms with van der Waals surface area (Å²) in [5.41, 5.74) is 2.29. The van der Waals surface area contributed by atoms with Crippen molar-refractivity contribution in [2.24, 2.45) is 11.3 Å². The van der Waals surface area contributed by atoms with Gasteiger partial charge < -0.3 is 5.32 Å². The number of hydrogen-bond donors (Lipinski definition) is 1. The number of nitrogens with zero attached hydrogens (tertiary/aromatic N) is 1. The highest BCUT2D eigenvalue weighted by atomic mass is 35.5. The molecule has 1 N–H and O–H groups in total. The standard InChI is InChI=1S/C15H27ClN2/c1-14(2,3)13-10-18(9-5-8-16)15(4,11-17-13)12-6-7-12/h5,8,12-13,17H,6-7,9-11H2,1-4H3/b8-5+. The Balaban J connectivity index is 2.10. The fourth-order valence-electron chi connectivity index (χ4n) is 3.07. The molecule has 1 saturated carbocycles. The smallest absolute Gasteiger partial charge is 0.0337 e. The monoisotopic (exact) mass is 270 g/mol. The Morgan fingerprint density at radius 3 is 2.56 bits per heavy atom. The van der Waals surface area contributed by atoms with Crippen molar-refractivity contribution in [1.29, 1.82) is 0 Å². The van der Waals surface area contributed by atoms with E-state index in [0.717, 1.165) is 25.6 Å². The van der Waals surface area contributed by atoms with E-state index in [1.807, 2.05) is 0 Å². The number of piperazine rings is 1. The maximum atomic E-state index is 5.71. The van der Waals surface area contributed by atoms with Crippen molar-refractivity contribution < 1.29 is 0 Å². The average Bonchev–Trinajstić information content (AvgIpc) is 3.10. The Morgan fingerprint density at radius 2 is 2.06 bits per heavy atom. The van der Waals surface area contributed by atoms with Crippen LogP contribution in [0.2, 0.25) is 0 Å². The molecule has 1 heterocycles. The van der Waals surface area contributed by atoms with Gasteiger partial charge in [0.1, 0.15) is 0 Å². The van der Waals surface area contributed by atoms with Crippen LogP contribution in [0.15, 0.2) is 11.6 Å². The molecule has 2 unspecified atom stereocenters. The molecule has 1 aliphatic heterocycles. The second-order valence-electron chi connectivity index (χ2n) is 7.20. The summed E-state index contributed by atoms with van der Waals surface area (Å²) in [6.45, 7) is 12.6.